The van der Waals surface area contributed by atoms with Crippen LogP contribution < -0.4 is 5.32 Å². The van der Waals surface area contributed by atoms with Crippen molar-refractivity contribution in [2.45, 2.75) is 46.6 Å². The molecule has 0 aromatic carbocycles. The molecule has 0 aliphatic heterocycles. The summed E-state index contributed by atoms with van der Waals surface area (Å²) in [4.78, 5) is 24.7. The maximum Gasteiger partial charge on any atom is 0.329 e. The fraction of sp³-hybridized carbons (Fsp3) is 0.833. The predicted molar refractivity (Wildman–Crippen MR) is 66.9 cm³/mol. The molecule has 2 amide bonds. The van der Waals surface area contributed by atoms with E-state index in [0.717, 1.165) is 0 Å². The van der Waals surface area contributed by atoms with Crippen LogP contribution in [0.1, 0.15) is 41.0 Å². The fourth-order valence-electron chi connectivity index (χ4n) is 1.40. The largest absolute Gasteiger partial charge is 0.480 e. The molecule has 0 bridgehead atoms. The van der Waals surface area contributed by atoms with Crippen LogP contribution in [0, 0.1) is 5.92 Å². The van der Waals surface area contributed by atoms with Crippen molar-refractivity contribution in [1.82, 2.24) is 10.2 Å². The smallest absolute Gasteiger partial charge is 0.329 e. The fourth-order valence-corrected chi connectivity index (χ4v) is 1.40. The third-order valence-electron chi connectivity index (χ3n) is 2.82. The molecule has 0 aromatic heterocycles. The SMILES string of the molecule is CCN(CC(C)C)C(=O)NC(C)(CC)C(=O)O. The monoisotopic (exact) mass is 244 g/mol. The average molecular weight is 244 g/mol. The first-order valence-corrected chi connectivity index (χ1v) is 6.07. The highest BCUT2D eigenvalue weighted by Crippen LogP contribution is 2.10. The number of hydrogen-bond acceptors (Lipinski definition) is 2. The van der Waals surface area contributed by atoms with Crippen molar-refractivity contribution in [3.05, 3.63) is 0 Å². The standard InChI is InChI=1S/C12H24N2O3/c1-6-12(5,10(15)16)13-11(17)14(7-2)8-9(3)4/h9H,6-8H2,1-5H3,(H,13,17)(H,15,16). The zero-order chi connectivity index (χ0) is 13.6. The van der Waals surface area contributed by atoms with Gasteiger partial charge in [0.2, 0.25) is 0 Å². The third-order valence-corrected chi connectivity index (χ3v) is 2.82. The Bertz CT molecular complexity index is 279. The number of carbonyl (C=O) groups excluding carboxylic acids is 1. The van der Waals surface area contributed by atoms with Crippen LogP contribution in [-0.2, 0) is 4.79 Å². The number of amides is 2. The Morgan fingerprint density at radius 1 is 1.35 bits per heavy atom. The molecule has 1 unspecified atom stereocenters. The van der Waals surface area contributed by atoms with Crippen molar-refractivity contribution in [1.29, 1.82) is 0 Å². The normalized spacial score (nSPS) is 14.2. The van der Waals surface area contributed by atoms with E-state index < -0.39 is 11.5 Å². The van der Waals surface area contributed by atoms with Gasteiger partial charge in [0.25, 0.3) is 0 Å². The molecule has 5 heteroatoms. The van der Waals surface area contributed by atoms with E-state index in [0.29, 0.717) is 25.4 Å². The molecular formula is C12H24N2O3. The first-order chi connectivity index (χ1) is 7.76. The molecule has 0 heterocycles. The van der Waals surface area contributed by atoms with Crippen LogP contribution in [-0.4, -0.2) is 40.6 Å². The molecule has 0 spiro atoms. The zero-order valence-electron chi connectivity index (χ0n) is 11.4. The molecule has 2 N–H and O–H groups in total. The molecular weight excluding hydrogens is 220 g/mol. The highest BCUT2D eigenvalue weighted by molar-refractivity contribution is 5.85. The molecule has 0 aromatic rings. The Balaban J connectivity index is 4.64. The maximum absolute atomic E-state index is 11.9. The summed E-state index contributed by atoms with van der Waals surface area (Å²) in [5.41, 5.74) is -1.19. The Labute approximate surface area is 103 Å². The molecule has 0 saturated carbocycles. The number of carboxylic acids is 1. The number of urea groups is 1. The van der Waals surface area contributed by atoms with E-state index >= 15 is 0 Å². The van der Waals surface area contributed by atoms with Crippen molar-refractivity contribution < 1.29 is 14.7 Å². The number of aliphatic carboxylic acids is 1. The highest BCUT2D eigenvalue weighted by Gasteiger charge is 2.34. The van der Waals surface area contributed by atoms with Gasteiger partial charge in [-0.05, 0) is 26.2 Å². The lowest BCUT2D eigenvalue weighted by molar-refractivity contribution is -0.143. The lowest BCUT2D eigenvalue weighted by Gasteiger charge is -2.30. The predicted octanol–water partition coefficient (Wildman–Crippen LogP) is 1.93. The summed E-state index contributed by atoms with van der Waals surface area (Å²) in [6.07, 6.45) is 0.354. The van der Waals surface area contributed by atoms with Gasteiger partial charge < -0.3 is 15.3 Å². The van der Waals surface area contributed by atoms with Gasteiger partial charge in [0.15, 0.2) is 0 Å². The van der Waals surface area contributed by atoms with Gasteiger partial charge in [0.1, 0.15) is 5.54 Å². The van der Waals surface area contributed by atoms with E-state index in [-0.39, 0.29) is 6.03 Å². The minimum Gasteiger partial charge on any atom is -0.480 e. The molecule has 1 atom stereocenters. The Hall–Kier alpha value is -1.26. The van der Waals surface area contributed by atoms with Gasteiger partial charge >= 0.3 is 12.0 Å². The number of carboxylic acid groups (broad SMARTS) is 1. The molecule has 5 nitrogen and oxygen atoms in total. The Kier molecular flexibility index (Phi) is 5.99. The first-order valence-electron chi connectivity index (χ1n) is 6.07. The van der Waals surface area contributed by atoms with Crippen LogP contribution in [0.3, 0.4) is 0 Å². The number of rotatable bonds is 6. The van der Waals surface area contributed by atoms with E-state index in [1.807, 2.05) is 20.8 Å². The summed E-state index contributed by atoms with van der Waals surface area (Å²) in [5, 5.41) is 11.7. The molecule has 0 rings (SSSR count). The number of hydrogen-bond donors (Lipinski definition) is 2. The summed E-state index contributed by atoms with van der Waals surface area (Å²) < 4.78 is 0. The minimum absolute atomic E-state index is 0.312. The summed E-state index contributed by atoms with van der Waals surface area (Å²) in [6, 6.07) is -0.312. The zero-order valence-corrected chi connectivity index (χ0v) is 11.4. The lowest BCUT2D eigenvalue weighted by atomic mass is 10.00. The molecule has 0 fully saturated rings. The van der Waals surface area contributed by atoms with E-state index in [1.54, 1.807) is 11.8 Å². The average Bonchev–Trinajstić information content (AvgIpc) is 2.24. The summed E-state index contributed by atoms with van der Waals surface area (Å²) in [7, 11) is 0. The Morgan fingerprint density at radius 3 is 2.18 bits per heavy atom. The summed E-state index contributed by atoms with van der Waals surface area (Å²) in [5.74, 6) is -0.646. The summed E-state index contributed by atoms with van der Waals surface area (Å²) >= 11 is 0. The molecule has 0 aliphatic carbocycles. The molecule has 17 heavy (non-hydrogen) atoms. The van der Waals surface area contributed by atoms with Gasteiger partial charge in [-0.25, -0.2) is 9.59 Å². The van der Waals surface area contributed by atoms with Gasteiger partial charge in [0.05, 0.1) is 0 Å². The van der Waals surface area contributed by atoms with Crippen molar-refractivity contribution in [2.24, 2.45) is 5.92 Å². The van der Waals surface area contributed by atoms with Crippen molar-refractivity contribution in [2.75, 3.05) is 13.1 Å². The van der Waals surface area contributed by atoms with Crippen molar-refractivity contribution in [3.8, 4) is 0 Å². The molecule has 0 aliphatic rings. The van der Waals surface area contributed by atoms with Gasteiger partial charge in [-0.15, -0.1) is 0 Å². The number of nitrogens with one attached hydrogen (secondary N) is 1. The van der Waals surface area contributed by atoms with Crippen LogP contribution in [0.5, 0.6) is 0 Å². The molecule has 0 radical (unpaired) electrons. The second-order valence-corrected chi connectivity index (χ2v) is 4.85. The van der Waals surface area contributed by atoms with E-state index in [2.05, 4.69) is 5.32 Å². The quantitative estimate of drug-likeness (QED) is 0.750. The van der Waals surface area contributed by atoms with Crippen LogP contribution >= 0.6 is 0 Å². The number of nitrogens with zero attached hydrogens (tertiary/aromatic N) is 1. The van der Waals surface area contributed by atoms with Crippen LogP contribution in [0.15, 0.2) is 0 Å². The second kappa shape index (κ2) is 6.47. The van der Waals surface area contributed by atoms with Crippen LogP contribution in [0.4, 0.5) is 4.79 Å². The van der Waals surface area contributed by atoms with E-state index in [9.17, 15) is 9.59 Å². The Morgan fingerprint density at radius 2 is 1.88 bits per heavy atom. The van der Waals surface area contributed by atoms with Gasteiger partial charge in [-0.1, -0.05) is 20.8 Å². The van der Waals surface area contributed by atoms with E-state index in [1.165, 1.54) is 6.92 Å². The molecule has 0 saturated heterocycles. The van der Waals surface area contributed by atoms with Crippen molar-refractivity contribution in [3.63, 3.8) is 0 Å². The van der Waals surface area contributed by atoms with Gasteiger partial charge in [-0.3, -0.25) is 0 Å². The summed E-state index contributed by atoms with van der Waals surface area (Å²) in [6.45, 7) is 10.4. The van der Waals surface area contributed by atoms with Gasteiger partial charge in [0, 0.05) is 13.1 Å². The first kappa shape index (κ1) is 15.7. The maximum atomic E-state index is 11.9. The highest BCUT2D eigenvalue weighted by atomic mass is 16.4. The lowest BCUT2D eigenvalue weighted by Crippen LogP contribution is -2.56. The van der Waals surface area contributed by atoms with Crippen LogP contribution in [0.2, 0.25) is 0 Å². The number of carbonyl (C=O) groups is 2. The third kappa shape index (κ3) is 4.63. The van der Waals surface area contributed by atoms with E-state index in [4.69, 9.17) is 5.11 Å². The topological polar surface area (TPSA) is 69.6 Å². The van der Waals surface area contributed by atoms with Gasteiger partial charge in [-0.2, -0.15) is 0 Å². The molecule has 100 valence electrons. The van der Waals surface area contributed by atoms with Crippen molar-refractivity contribution >= 4 is 12.0 Å². The van der Waals surface area contributed by atoms with Crippen LogP contribution in [0.25, 0.3) is 0 Å². The second-order valence-electron chi connectivity index (χ2n) is 4.85. The minimum atomic E-state index is -1.19.